The monoisotopic (exact) mass is 185 g/mol. The zero-order chi connectivity index (χ0) is 8.27. The van der Waals surface area contributed by atoms with Crippen molar-refractivity contribution < 1.29 is 0 Å². The lowest BCUT2D eigenvalue weighted by Gasteiger charge is -2.12. The quantitative estimate of drug-likeness (QED) is 0.747. The molecule has 0 spiro atoms. The maximum Gasteiger partial charge on any atom is 0.0291 e. The SMILES string of the molecule is CN[C@H](C)c1ccccc1C.Cl. The summed E-state index contributed by atoms with van der Waals surface area (Å²) < 4.78 is 0. The Balaban J connectivity index is 0.00000121. The van der Waals surface area contributed by atoms with Gasteiger partial charge in [-0.05, 0) is 32.0 Å². The Bertz CT molecular complexity index is 235. The fourth-order valence-corrected chi connectivity index (χ4v) is 1.23. The zero-order valence-electron chi connectivity index (χ0n) is 7.79. The standard InChI is InChI=1S/C10H15N.ClH/c1-8-6-4-5-7-10(8)9(2)11-3;/h4-7,9,11H,1-3H3;1H/t9-;/m1./s1. The summed E-state index contributed by atoms with van der Waals surface area (Å²) in [6.07, 6.45) is 0. The molecule has 1 atom stereocenters. The van der Waals surface area contributed by atoms with Gasteiger partial charge in [0.25, 0.3) is 0 Å². The Hall–Kier alpha value is -0.530. The first-order valence-corrected chi connectivity index (χ1v) is 3.98. The van der Waals surface area contributed by atoms with Gasteiger partial charge in [0.2, 0.25) is 0 Å². The van der Waals surface area contributed by atoms with Gasteiger partial charge in [-0.3, -0.25) is 0 Å². The van der Waals surface area contributed by atoms with Crippen LogP contribution in [0.4, 0.5) is 0 Å². The van der Waals surface area contributed by atoms with Crippen LogP contribution in [0.3, 0.4) is 0 Å². The van der Waals surface area contributed by atoms with Crippen molar-refractivity contribution in [3.8, 4) is 0 Å². The molecule has 0 fully saturated rings. The Morgan fingerprint density at radius 1 is 1.25 bits per heavy atom. The normalized spacial score (nSPS) is 11.9. The number of halogens is 1. The third kappa shape index (κ3) is 2.50. The topological polar surface area (TPSA) is 12.0 Å². The highest BCUT2D eigenvalue weighted by atomic mass is 35.5. The predicted octanol–water partition coefficient (Wildman–Crippen LogP) is 2.70. The summed E-state index contributed by atoms with van der Waals surface area (Å²) in [5.74, 6) is 0. The molecule has 1 rings (SSSR count). The molecule has 0 bridgehead atoms. The molecule has 0 aliphatic carbocycles. The Labute approximate surface area is 80.6 Å². The van der Waals surface area contributed by atoms with Crippen molar-refractivity contribution in [2.24, 2.45) is 0 Å². The summed E-state index contributed by atoms with van der Waals surface area (Å²) in [7, 11) is 1.98. The molecule has 0 aliphatic rings. The minimum atomic E-state index is 0. The second-order valence-corrected chi connectivity index (χ2v) is 2.87. The molecular formula is C10H16ClN. The predicted molar refractivity (Wildman–Crippen MR) is 55.9 cm³/mol. The van der Waals surface area contributed by atoms with Crippen molar-refractivity contribution in [2.75, 3.05) is 7.05 Å². The molecule has 0 radical (unpaired) electrons. The van der Waals surface area contributed by atoms with Crippen molar-refractivity contribution in [3.63, 3.8) is 0 Å². The second-order valence-electron chi connectivity index (χ2n) is 2.87. The third-order valence-corrected chi connectivity index (χ3v) is 2.09. The van der Waals surface area contributed by atoms with Crippen molar-refractivity contribution in [3.05, 3.63) is 35.4 Å². The molecule has 12 heavy (non-hydrogen) atoms. The van der Waals surface area contributed by atoms with Gasteiger partial charge in [-0.25, -0.2) is 0 Å². The van der Waals surface area contributed by atoms with Crippen LogP contribution in [-0.4, -0.2) is 7.05 Å². The fourth-order valence-electron chi connectivity index (χ4n) is 1.23. The Kier molecular flexibility index (Phi) is 4.95. The highest BCUT2D eigenvalue weighted by Crippen LogP contribution is 2.15. The molecule has 1 aromatic rings. The van der Waals surface area contributed by atoms with E-state index in [1.807, 2.05) is 7.05 Å². The summed E-state index contributed by atoms with van der Waals surface area (Å²) in [5.41, 5.74) is 2.74. The summed E-state index contributed by atoms with van der Waals surface area (Å²) in [6, 6.07) is 8.91. The molecule has 1 N–H and O–H groups in total. The van der Waals surface area contributed by atoms with Crippen LogP contribution in [0, 0.1) is 6.92 Å². The van der Waals surface area contributed by atoms with Gasteiger partial charge in [0, 0.05) is 6.04 Å². The number of nitrogens with one attached hydrogen (secondary N) is 1. The van der Waals surface area contributed by atoms with Crippen molar-refractivity contribution in [2.45, 2.75) is 19.9 Å². The van der Waals surface area contributed by atoms with Gasteiger partial charge in [-0.1, -0.05) is 24.3 Å². The van der Waals surface area contributed by atoms with Gasteiger partial charge in [0.05, 0.1) is 0 Å². The van der Waals surface area contributed by atoms with Gasteiger partial charge >= 0.3 is 0 Å². The minimum Gasteiger partial charge on any atom is -0.313 e. The van der Waals surface area contributed by atoms with Crippen LogP contribution in [-0.2, 0) is 0 Å². The van der Waals surface area contributed by atoms with Crippen LogP contribution in [0.1, 0.15) is 24.1 Å². The molecule has 0 saturated heterocycles. The Morgan fingerprint density at radius 3 is 2.33 bits per heavy atom. The molecule has 1 nitrogen and oxygen atoms in total. The van der Waals surface area contributed by atoms with E-state index < -0.39 is 0 Å². The summed E-state index contributed by atoms with van der Waals surface area (Å²) in [6.45, 7) is 4.31. The first-order valence-electron chi connectivity index (χ1n) is 3.98. The number of hydrogen-bond acceptors (Lipinski definition) is 1. The van der Waals surface area contributed by atoms with E-state index in [9.17, 15) is 0 Å². The van der Waals surface area contributed by atoms with Gasteiger partial charge in [0.1, 0.15) is 0 Å². The highest BCUT2D eigenvalue weighted by molar-refractivity contribution is 5.85. The molecule has 0 heterocycles. The molecule has 2 heteroatoms. The van der Waals surface area contributed by atoms with E-state index in [4.69, 9.17) is 0 Å². The average Bonchev–Trinajstić information content (AvgIpc) is 2.04. The van der Waals surface area contributed by atoms with E-state index in [0.717, 1.165) is 0 Å². The zero-order valence-corrected chi connectivity index (χ0v) is 8.61. The Morgan fingerprint density at radius 2 is 1.83 bits per heavy atom. The number of hydrogen-bond donors (Lipinski definition) is 1. The van der Waals surface area contributed by atoms with E-state index in [0.29, 0.717) is 6.04 Å². The molecule has 0 aliphatic heterocycles. The van der Waals surface area contributed by atoms with Gasteiger partial charge in [-0.2, -0.15) is 0 Å². The lowest BCUT2D eigenvalue weighted by atomic mass is 10.0. The molecule has 0 amide bonds. The lowest BCUT2D eigenvalue weighted by Crippen LogP contribution is -2.13. The second kappa shape index (κ2) is 5.18. The smallest absolute Gasteiger partial charge is 0.0291 e. The average molecular weight is 186 g/mol. The molecule has 1 aromatic carbocycles. The largest absolute Gasteiger partial charge is 0.313 e. The summed E-state index contributed by atoms with van der Waals surface area (Å²) in [5, 5.41) is 3.22. The van der Waals surface area contributed by atoms with E-state index in [-0.39, 0.29) is 12.4 Å². The molecular weight excluding hydrogens is 170 g/mol. The maximum atomic E-state index is 3.22. The number of aryl methyl sites for hydroxylation is 1. The van der Waals surface area contributed by atoms with E-state index >= 15 is 0 Å². The highest BCUT2D eigenvalue weighted by Gasteiger charge is 2.02. The van der Waals surface area contributed by atoms with Crippen LogP contribution in [0.5, 0.6) is 0 Å². The van der Waals surface area contributed by atoms with Crippen LogP contribution >= 0.6 is 12.4 Å². The molecule has 68 valence electrons. The third-order valence-electron chi connectivity index (χ3n) is 2.09. The first kappa shape index (κ1) is 11.5. The van der Waals surface area contributed by atoms with E-state index in [2.05, 4.69) is 43.4 Å². The van der Waals surface area contributed by atoms with Crippen molar-refractivity contribution in [1.29, 1.82) is 0 Å². The lowest BCUT2D eigenvalue weighted by molar-refractivity contribution is 0.648. The number of rotatable bonds is 2. The fraction of sp³-hybridized carbons (Fsp3) is 0.400. The van der Waals surface area contributed by atoms with Gasteiger partial charge < -0.3 is 5.32 Å². The molecule has 0 aromatic heterocycles. The van der Waals surface area contributed by atoms with Gasteiger partial charge in [-0.15, -0.1) is 12.4 Å². The van der Waals surface area contributed by atoms with E-state index in [1.54, 1.807) is 0 Å². The first-order chi connectivity index (χ1) is 5.25. The summed E-state index contributed by atoms with van der Waals surface area (Å²) in [4.78, 5) is 0. The van der Waals surface area contributed by atoms with Gasteiger partial charge in [0.15, 0.2) is 0 Å². The van der Waals surface area contributed by atoms with Crippen LogP contribution in [0.15, 0.2) is 24.3 Å². The van der Waals surface area contributed by atoms with Crippen molar-refractivity contribution in [1.82, 2.24) is 5.32 Å². The van der Waals surface area contributed by atoms with Crippen LogP contribution in [0.25, 0.3) is 0 Å². The number of benzene rings is 1. The van der Waals surface area contributed by atoms with Crippen LogP contribution < -0.4 is 5.32 Å². The molecule has 0 saturated carbocycles. The minimum absolute atomic E-state index is 0. The van der Waals surface area contributed by atoms with Crippen LogP contribution in [0.2, 0.25) is 0 Å². The van der Waals surface area contributed by atoms with Crippen molar-refractivity contribution >= 4 is 12.4 Å². The van der Waals surface area contributed by atoms with E-state index in [1.165, 1.54) is 11.1 Å². The maximum absolute atomic E-state index is 3.22. The summed E-state index contributed by atoms with van der Waals surface area (Å²) >= 11 is 0. The molecule has 0 unspecified atom stereocenters.